The number of fused-ring (bicyclic) bond motifs is 1. The second-order valence-corrected chi connectivity index (χ2v) is 3.20. The van der Waals surface area contributed by atoms with E-state index in [9.17, 15) is 4.79 Å². The molecule has 2 heteroatoms. The van der Waals surface area contributed by atoms with Crippen molar-refractivity contribution in [3.8, 4) is 0 Å². The fraction of sp³-hybridized carbons (Fsp3) is 0.273. The minimum atomic E-state index is 0.212. The van der Waals surface area contributed by atoms with Gasteiger partial charge in [-0.1, -0.05) is 12.7 Å². The molecule has 2 nitrogen and oxygen atoms in total. The molecule has 2 rings (SSSR count). The first-order valence-electron chi connectivity index (χ1n) is 4.46. The highest BCUT2D eigenvalue weighted by Gasteiger charge is 2.19. The molecule has 0 fully saturated rings. The van der Waals surface area contributed by atoms with E-state index in [-0.39, 0.29) is 5.78 Å². The Bertz CT molecular complexity index is 368. The molecule has 66 valence electrons. The van der Waals surface area contributed by atoms with E-state index in [1.165, 1.54) is 0 Å². The van der Waals surface area contributed by atoms with E-state index < -0.39 is 0 Å². The van der Waals surface area contributed by atoms with Crippen LogP contribution in [0.1, 0.15) is 34.5 Å². The maximum Gasteiger partial charge on any atom is 0.165 e. The number of ketones is 1. The summed E-state index contributed by atoms with van der Waals surface area (Å²) < 4.78 is 0. The summed E-state index contributed by atoms with van der Waals surface area (Å²) in [5.74, 6) is 0.212. The number of pyridine rings is 1. The molecule has 0 aliphatic heterocycles. The van der Waals surface area contributed by atoms with E-state index >= 15 is 0 Å². The smallest absolute Gasteiger partial charge is 0.165 e. The standard InChI is InChI=1S/C11H11NO/c1-2-8-6-7-12-9-4-3-5-10(13)11(8)9/h2,6-7H,1,3-5H2. The largest absolute Gasteiger partial charge is 0.294 e. The molecular formula is C11H11NO. The van der Waals surface area contributed by atoms with E-state index in [1.807, 2.05) is 6.07 Å². The maximum atomic E-state index is 11.6. The monoisotopic (exact) mass is 173 g/mol. The summed E-state index contributed by atoms with van der Waals surface area (Å²) in [6.07, 6.45) is 5.97. The summed E-state index contributed by atoms with van der Waals surface area (Å²) in [5.41, 5.74) is 2.66. The Morgan fingerprint density at radius 1 is 1.46 bits per heavy atom. The van der Waals surface area contributed by atoms with Crippen LogP contribution >= 0.6 is 0 Å². The van der Waals surface area contributed by atoms with Gasteiger partial charge in [-0.3, -0.25) is 9.78 Å². The molecule has 0 bridgehead atoms. The Balaban J connectivity index is 2.63. The van der Waals surface area contributed by atoms with Crippen molar-refractivity contribution < 1.29 is 4.79 Å². The summed E-state index contributed by atoms with van der Waals surface area (Å²) in [6.45, 7) is 3.69. The van der Waals surface area contributed by atoms with Crippen molar-refractivity contribution in [1.29, 1.82) is 0 Å². The van der Waals surface area contributed by atoms with Crippen LogP contribution in [-0.2, 0) is 6.42 Å². The number of nitrogens with zero attached hydrogens (tertiary/aromatic N) is 1. The van der Waals surface area contributed by atoms with Gasteiger partial charge in [-0.25, -0.2) is 0 Å². The molecule has 0 saturated heterocycles. The van der Waals surface area contributed by atoms with Crippen LogP contribution < -0.4 is 0 Å². The van der Waals surface area contributed by atoms with Crippen molar-refractivity contribution in [3.63, 3.8) is 0 Å². The average Bonchev–Trinajstić information content (AvgIpc) is 2.17. The van der Waals surface area contributed by atoms with Crippen molar-refractivity contribution in [2.75, 3.05) is 0 Å². The molecule has 1 aromatic heterocycles. The highest BCUT2D eigenvalue weighted by molar-refractivity contribution is 6.01. The van der Waals surface area contributed by atoms with Crippen LogP contribution in [0.2, 0.25) is 0 Å². The fourth-order valence-electron chi connectivity index (χ4n) is 1.75. The highest BCUT2D eigenvalue weighted by Crippen LogP contribution is 2.22. The predicted molar refractivity (Wildman–Crippen MR) is 51.6 cm³/mol. The lowest BCUT2D eigenvalue weighted by atomic mass is 9.91. The number of carbonyl (C=O) groups is 1. The molecule has 1 aliphatic rings. The summed E-state index contributed by atoms with van der Waals surface area (Å²) in [4.78, 5) is 15.8. The van der Waals surface area contributed by atoms with Crippen molar-refractivity contribution in [1.82, 2.24) is 4.98 Å². The first kappa shape index (κ1) is 8.17. The molecule has 0 aromatic carbocycles. The zero-order chi connectivity index (χ0) is 9.26. The van der Waals surface area contributed by atoms with Gasteiger partial charge in [-0.05, 0) is 24.5 Å². The molecule has 0 unspecified atom stereocenters. The molecule has 1 heterocycles. The Labute approximate surface area is 77.3 Å². The Kier molecular flexibility index (Phi) is 1.97. The van der Waals surface area contributed by atoms with Crippen molar-refractivity contribution in [2.45, 2.75) is 19.3 Å². The van der Waals surface area contributed by atoms with Crippen LogP contribution in [0, 0.1) is 0 Å². The number of rotatable bonds is 1. The lowest BCUT2D eigenvalue weighted by Gasteiger charge is -2.15. The van der Waals surface area contributed by atoms with Gasteiger partial charge in [0, 0.05) is 18.2 Å². The zero-order valence-corrected chi connectivity index (χ0v) is 7.42. The van der Waals surface area contributed by atoms with Crippen molar-refractivity contribution in [2.24, 2.45) is 0 Å². The van der Waals surface area contributed by atoms with E-state index in [4.69, 9.17) is 0 Å². The fourth-order valence-corrected chi connectivity index (χ4v) is 1.75. The second kappa shape index (κ2) is 3.13. The van der Waals surface area contributed by atoms with Gasteiger partial charge >= 0.3 is 0 Å². The number of aromatic nitrogens is 1. The van der Waals surface area contributed by atoms with Crippen LogP contribution in [-0.4, -0.2) is 10.8 Å². The molecule has 1 aromatic rings. The van der Waals surface area contributed by atoms with Gasteiger partial charge in [-0.2, -0.15) is 0 Å². The lowest BCUT2D eigenvalue weighted by Crippen LogP contribution is -2.13. The van der Waals surface area contributed by atoms with E-state index in [0.717, 1.165) is 29.7 Å². The van der Waals surface area contributed by atoms with Crippen molar-refractivity contribution >= 4 is 11.9 Å². The predicted octanol–water partition coefficient (Wildman–Crippen LogP) is 2.24. The topological polar surface area (TPSA) is 30.0 Å². The average molecular weight is 173 g/mol. The molecular weight excluding hydrogens is 162 g/mol. The molecule has 0 saturated carbocycles. The van der Waals surface area contributed by atoms with Crippen LogP contribution in [0.5, 0.6) is 0 Å². The molecule has 1 aliphatic carbocycles. The first-order chi connectivity index (χ1) is 6.33. The van der Waals surface area contributed by atoms with E-state index in [0.29, 0.717) is 6.42 Å². The lowest BCUT2D eigenvalue weighted by molar-refractivity contribution is 0.0971. The number of aryl methyl sites for hydroxylation is 1. The summed E-state index contributed by atoms with van der Waals surface area (Å²) >= 11 is 0. The number of Topliss-reactive ketones (excluding diaryl/α,β-unsaturated/α-hetero) is 1. The highest BCUT2D eigenvalue weighted by atomic mass is 16.1. The SMILES string of the molecule is C=Cc1ccnc2c1C(=O)CCC2. The van der Waals surface area contributed by atoms with Gasteiger partial charge in [0.2, 0.25) is 0 Å². The Morgan fingerprint density at radius 3 is 3.08 bits per heavy atom. The molecule has 13 heavy (non-hydrogen) atoms. The van der Waals surface area contributed by atoms with Crippen molar-refractivity contribution in [3.05, 3.63) is 35.7 Å². The normalized spacial score (nSPS) is 15.2. The van der Waals surface area contributed by atoms with Gasteiger partial charge in [0.15, 0.2) is 5.78 Å². The molecule has 0 atom stereocenters. The van der Waals surface area contributed by atoms with Crippen LogP contribution in [0.4, 0.5) is 0 Å². The summed E-state index contributed by atoms with van der Waals surface area (Å²) in [6, 6.07) is 1.84. The minimum absolute atomic E-state index is 0.212. The molecule has 0 amide bonds. The third kappa shape index (κ3) is 1.28. The molecule has 0 radical (unpaired) electrons. The second-order valence-electron chi connectivity index (χ2n) is 3.20. The van der Waals surface area contributed by atoms with Crippen LogP contribution in [0.25, 0.3) is 6.08 Å². The van der Waals surface area contributed by atoms with Gasteiger partial charge in [0.1, 0.15) is 0 Å². The molecule has 0 spiro atoms. The number of hydrogen-bond donors (Lipinski definition) is 0. The third-order valence-electron chi connectivity index (χ3n) is 2.38. The van der Waals surface area contributed by atoms with Crippen LogP contribution in [0.3, 0.4) is 0 Å². The first-order valence-corrected chi connectivity index (χ1v) is 4.46. The Morgan fingerprint density at radius 2 is 2.31 bits per heavy atom. The van der Waals surface area contributed by atoms with Gasteiger partial charge in [0.05, 0.1) is 5.69 Å². The quantitative estimate of drug-likeness (QED) is 0.652. The Hall–Kier alpha value is -1.44. The number of hydrogen-bond acceptors (Lipinski definition) is 2. The summed E-state index contributed by atoms with van der Waals surface area (Å²) in [7, 11) is 0. The van der Waals surface area contributed by atoms with Gasteiger partial charge in [0.25, 0.3) is 0 Å². The van der Waals surface area contributed by atoms with Gasteiger partial charge in [-0.15, -0.1) is 0 Å². The minimum Gasteiger partial charge on any atom is -0.294 e. The number of carbonyl (C=O) groups excluding carboxylic acids is 1. The van der Waals surface area contributed by atoms with E-state index in [2.05, 4.69) is 11.6 Å². The summed E-state index contributed by atoms with van der Waals surface area (Å²) in [5, 5.41) is 0. The maximum absolute atomic E-state index is 11.6. The van der Waals surface area contributed by atoms with E-state index in [1.54, 1.807) is 12.3 Å². The van der Waals surface area contributed by atoms with Crippen LogP contribution in [0.15, 0.2) is 18.8 Å². The molecule has 0 N–H and O–H groups in total. The zero-order valence-electron chi connectivity index (χ0n) is 7.42. The van der Waals surface area contributed by atoms with Gasteiger partial charge < -0.3 is 0 Å². The third-order valence-corrected chi connectivity index (χ3v) is 2.38.